The number of halogens is 1. The molecule has 1 aliphatic rings. The predicted octanol–water partition coefficient (Wildman–Crippen LogP) is 3.40. The lowest BCUT2D eigenvalue weighted by Crippen LogP contribution is -2.37. The van der Waals surface area contributed by atoms with Gasteiger partial charge in [-0.2, -0.15) is 0 Å². The first kappa shape index (κ1) is 24.4. The van der Waals surface area contributed by atoms with Crippen LogP contribution in [0.4, 0.5) is 0 Å². The molecule has 0 aromatic heterocycles. The summed E-state index contributed by atoms with van der Waals surface area (Å²) in [6, 6.07) is 16.7. The molecule has 0 bridgehead atoms. The van der Waals surface area contributed by atoms with E-state index in [1.54, 1.807) is 7.05 Å². The van der Waals surface area contributed by atoms with Crippen LogP contribution in [-0.4, -0.2) is 50.8 Å². The monoisotopic (exact) mass is 524 g/mol. The van der Waals surface area contributed by atoms with E-state index in [0.717, 1.165) is 56.7 Å². The highest BCUT2D eigenvalue weighted by molar-refractivity contribution is 14.0. The summed E-state index contributed by atoms with van der Waals surface area (Å²) in [5, 5.41) is 6.82. The molecule has 0 unspecified atom stereocenters. The average molecular weight is 524 g/mol. The van der Waals surface area contributed by atoms with Crippen LogP contribution in [-0.2, 0) is 24.4 Å². The van der Waals surface area contributed by atoms with E-state index >= 15 is 0 Å². The Balaban J connectivity index is 0.00000320. The van der Waals surface area contributed by atoms with Gasteiger partial charge in [0.1, 0.15) is 5.75 Å². The third-order valence-electron chi connectivity index (χ3n) is 4.96. The van der Waals surface area contributed by atoms with Gasteiger partial charge in [0.2, 0.25) is 0 Å². The molecule has 2 N–H and O–H groups in total. The quantitative estimate of drug-likeness (QED) is 0.315. The summed E-state index contributed by atoms with van der Waals surface area (Å²) in [7, 11) is 1.80. The first-order valence-electron chi connectivity index (χ1n) is 10.3. The molecule has 0 atom stereocenters. The van der Waals surface area contributed by atoms with Crippen LogP contribution < -0.4 is 15.4 Å². The first-order chi connectivity index (χ1) is 14.3. The molecule has 1 heterocycles. The smallest absolute Gasteiger partial charge is 0.191 e. The van der Waals surface area contributed by atoms with E-state index < -0.39 is 0 Å². The van der Waals surface area contributed by atoms with E-state index in [4.69, 9.17) is 9.47 Å². The van der Waals surface area contributed by atoms with Crippen molar-refractivity contribution in [1.82, 2.24) is 15.5 Å². The van der Waals surface area contributed by atoms with E-state index in [9.17, 15) is 0 Å². The van der Waals surface area contributed by atoms with Crippen LogP contribution in [0, 0.1) is 0 Å². The maximum Gasteiger partial charge on any atom is 0.191 e. The number of rotatable bonds is 8. The normalized spacial score (nSPS) is 14.7. The van der Waals surface area contributed by atoms with Crippen molar-refractivity contribution in [3.8, 4) is 5.75 Å². The third-order valence-corrected chi connectivity index (χ3v) is 4.96. The number of ether oxygens (including phenoxy) is 2. The SMILES string of the molecule is CCOc1cccc(CNC(=NC)NCc2ccccc2CN2CCOCC2)c1.I. The summed E-state index contributed by atoms with van der Waals surface area (Å²) in [6.07, 6.45) is 0. The summed E-state index contributed by atoms with van der Waals surface area (Å²) in [6.45, 7) is 8.67. The molecule has 0 radical (unpaired) electrons. The largest absolute Gasteiger partial charge is 0.494 e. The Kier molecular flexibility index (Phi) is 11.0. The highest BCUT2D eigenvalue weighted by atomic mass is 127. The van der Waals surface area contributed by atoms with Crippen LogP contribution >= 0.6 is 24.0 Å². The Morgan fingerprint density at radius 2 is 1.77 bits per heavy atom. The van der Waals surface area contributed by atoms with Crippen molar-refractivity contribution in [2.75, 3.05) is 40.0 Å². The van der Waals surface area contributed by atoms with Crippen LogP contribution in [0.15, 0.2) is 53.5 Å². The lowest BCUT2D eigenvalue weighted by atomic mass is 10.1. The number of morpholine rings is 1. The maximum atomic E-state index is 5.58. The Morgan fingerprint density at radius 3 is 2.50 bits per heavy atom. The second-order valence-corrected chi connectivity index (χ2v) is 7.02. The Hall–Kier alpha value is -1.84. The second-order valence-electron chi connectivity index (χ2n) is 7.02. The summed E-state index contributed by atoms with van der Waals surface area (Å²) < 4.78 is 11.0. The van der Waals surface area contributed by atoms with Crippen LogP contribution in [0.3, 0.4) is 0 Å². The van der Waals surface area contributed by atoms with Gasteiger partial charge in [-0.3, -0.25) is 9.89 Å². The molecule has 30 heavy (non-hydrogen) atoms. The zero-order valence-corrected chi connectivity index (χ0v) is 20.2. The number of hydrogen-bond acceptors (Lipinski definition) is 4. The van der Waals surface area contributed by atoms with Gasteiger partial charge in [0.25, 0.3) is 0 Å². The summed E-state index contributed by atoms with van der Waals surface area (Å²) >= 11 is 0. The second kappa shape index (κ2) is 13.5. The summed E-state index contributed by atoms with van der Waals surface area (Å²) in [5.74, 6) is 1.68. The van der Waals surface area contributed by atoms with Crippen molar-refractivity contribution >= 4 is 29.9 Å². The average Bonchev–Trinajstić information content (AvgIpc) is 2.76. The van der Waals surface area contributed by atoms with Gasteiger partial charge in [-0.15, -0.1) is 24.0 Å². The molecule has 2 aromatic rings. The molecule has 0 spiro atoms. The third kappa shape index (κ3) is 7.77. The number of aliphatic imine (C=N–C) groups is 1. The van der Waals surface area contributed by atoms with Crippen molar-refractivity contribution in [2.24, 2.45) is 4.99 Å². The van der Waals surface area contributed by atoms with Gasteiger partial charge in [0.15, 0.2) is 5.96 Å². The fourth-order valence-corrected chi connectivity index (χ4v) is 3.38. The molecule has 2 aromatic carbocycles. The van der Waals surface area contributed by atoms with Gasteiger partial charge < -0.3 is 20.1 Å². The topological polar surface area (TPSA) is 58.1 Å². The maximum absolute atomic E-state index is 5.58. The molecular formula is C23H33IN4O2. The minimum Gasteiger partial charge on any atom is -0.494 e. The van der Waals surface area contributed by atoms with Gasteiger partial charge in [0.05, 0.1) is 19.8 Å². The van der Waals surface area contributed by atoms with E-state index in [2.05, 4.69) is 56.9 Å². The van der Waals surface area contributed by atoms with E-state index in [1.165, 1.54) is 11.1 Å². The molecule has 1 fully saturated rings. The fraction of sp³-hybridized carbons (Fsp3) is 0.435. The Labute approximate surface area is 197 Å². The number of benzene rings is 2. The number of nitrogens with one attached hydrogen (secondary N) is 2. The number of nitrogens with zero attached hydrogens (tertiary/aromatic N) is 2. The molecule has 3 rings (SSSR count). The van der Waals surface area contributed by atoms with Crippen LogP contribution in [0.5, 0.6) is 5.75 Å². The first-order valence-corrected chi connectivity index (χ1v) is 10.3. The number of guanidine groups is 1. The molecule has 164 valence electrons. The van der Waals surface area contributed by atoms with Crippen LogP contribution in [0.25, 0.3) is 0 Å². The zero-order valence-electron chi connectivity index (χ0n) is 17.9. The van der Waals surface area contributed by atoms with Crippen LogP contribution in [0.1, 0.15) is 23.6 Å². The highest BCUT2D eigenvalue weighted by Crippen LogP contribution is 2.14. The predicted molar refractivity (Wildman–Crippen MR) is 133 cm³/mol. The van der Waals surface area contributed by atoms with E-state index in [-0.39, 0.29) is 24.0 Å². The van der Waals surface area contributed by atoms with Gasteiger partial charge in [-0.25, -0.2) is 0 Å². The van der Waals surface area contributed by atoms with Gasteiger partial charge in [-0.05, 0) is 35.7 Å². The van der Waals surface area contributed by atoms with E-state index in [1.807, 2.05) is 19.1 Å². The van der Waals surface area contributed by atoms with Gasteiger partial charge in [0, 0.05) is 39.8 Å². The van der Waals surface area contributed by atoms with E-state index in [0.29, 0.717) is 13.2 Å². The summed E-state index contributed by atoms with van der Waals surface area (Å²) in [4.78, 5) is 6.80. The minimum atomic E-state index is 0. The lowest BCUT2D eigenvalue weighted by molar-refractivity contribution is 0.0341. The van der Waals surface area contributed by atoms with Gasteiger partial charge in [-0.1, -0.05) is 36.4 Å². The Bertz CT molecular complexity index is 794. The fourth-order valence-electron chi connectivity index (χ4n) is 3.38. The zero-order chi connectivity index (χ0) is 20.3. The molecule has 1 aliphatic heterocycles. The van der Waals surface area contributed by atoms with Gasteiger partial charge >= 0.3 is 0 Å². The molecule has 0 aliphatic carbocycles. The van der Waals surface area contributed by atoms with Crippen LogP contribution in [0.2, 0.25) is 0 Å². The lowest BCUT2D eigenvalue weighted by Gasteiger charge is -2.27. The minimum absolute atomic E-state index is 0. The Morgan fingerprint density at radius 1 is 1.03 bits per heavy atom. The molecule has 7 heteroatoms. The van der Waals surface area contributed by atoms with Crippen molar-refractivity contribution in [3.63, 3.8) is 0 Å². The molecule has 0 amide bonds. The summed E-state index contributed by atoms with van der Waals surface area (Å²) in [5.41, 5.74) is 3.80. The molecular weight excluding hydrogens is 491 g/mol. The molecule has 1 saturated heterocycles. The standard InChI is InChI=1S/C23H32N4O2.HI/c1-3-29-22-10-6-7-19(15-22)16-25-23(24-2)26-17-20-8-4-5-9-21(20)18-27-11-13-28-14-12-27;/h4-10,15H,3,11-14,16-18H2,1-2H3,(H2,24,25,26);1H. The van der Waals surface area contributed by atoms with Crippen molar-refractivity contribution in [3.05, 3.63) is 65.2 Å². The van der Waals surface area contributed by atoms with Crippen molar-refractivity contribution in [1.29, 1.82) is 0 Å². The van der Waals surface area contributed by atoms with Crippen molar-refractivity contribution < 1.29 is 9.47 Å². The molecule has 0 saturated carbocycles. The number of hydrogen-bond donors (Lipinski definition) is 2. The van der Waals surface area contributed by atoms with Crippen molar-refractivity contribution in [2.45, 2.75) is 26.6 Å². The molecule has 6 nitrogen and oxygen atoms in total. The highest BCUT2D eigenvalue weighted by Gasteiger charge is 2.12.